The number of hydrogen-bond donors (Lipinski definition) is 1. The van der Waals surface area contributed by atoms with Gasteiger partial charge in [0.05, 0.1) is 0 Å². The van der Waals surface area contributed by atoms with Crippen LogP contribution in [-0.4, -0.2) is 10.4 Å². The molecule has 5 heteroatoms. The van der Waals surface area contributed by atoms with Crippen molar-refractivity contribution in [2.24, 2.45) is 5.16 Å². The molecule has 2 nitrogen and oxygen atoms in total. The molecule has 1 rings (SSSR count). The third kappa shape index (κ3) is 2.19. The molecule has 0 saturated heterocycles. The predicted octanol–water partition coefficient (Wildman–Crippen LogP) is 2.96. The number of oxime groups is 1. The largest absolute Gasteiger partial charge is 0.410 e. The monoisotopic (exact) mass is 251 g/mol. The quantitative estimate of drug-likeness (QED) is 0.465. The van der Waals surface area contributed by atoms with Gasteiger partial charge in [0.15, 0.2) is 5.17 Å². The highest BCUT2D eigenvalue weighted by Gasteiger charge is 2.03. The van der Waals surface area contributed by atoms with E-state index >= 15 is 0 Å². The van der Waals surface area contributed by atoms with Crippen LogP contribution in [0.1, 0.15) is 5.56 Å². The van der Waals surface area contributed by atoms with Crippen LogP contribution in [0.5, 0.6) is 0 Å². The van der Waals surface area contributed by atoms with E-state index in [0.29, 0.717) is 10.0 Å². The molecule has 12 heavy (non-hydrogen) atoms. The first-order valence-corrected chi connectivity index (χ1v) is 4.14. The third-order valence-electron chi connectivity index (χ3n) is 1.19. The Kier molecular flexibility index (Phi) is 3.05. The highest BCUT2D eigenvalue weighted by molar-refractivity contribution is 9.10. The molecule has 0 aliphatic rings. The Morgan fingerprint density at radius 3 is 2.67 bits per heavy atom. The fourth-order valence-corrected chi connectivity index (χ4v) is 1.31. The fraction of sp³-hybridized carbons (Fsp3) is 0. The maximum Gasteiger partial charge on any atom is 0.175 e. The van der Waals surface area contributed by atoms with Crippen molar-refractivity contribution in [1.82, 2.24) is 0 Å². The van der Waals surface area contributed by atoms with Crippen LogP contribution in [0.25, 0.3) is 0 Å². The van der Waals surface area contributed by atoms with Crippen LogP contribution in [0.2, 0.25) is 0 Å². The minimum Gasteiger partial charge on any atom is -0.410 e. The zero-order valence-electron chi connectivity index (χ0n) is 5.76. The number of halogens is 3. The Morgan fingerprint density at radius 1 is 1.50 bits per heavy atom. The van der Waals surface area contributed by atoms with Gasteiger partial charge in [-0.3, -0.25) is 0 Å². The van der Waals surface area contributed by atoms with E-state index in [1.807, 2.05) is 0 Å². The minimum absolute atomic E-state index is 0.143. The molecule has 0 spiro atoms. The zero-order chi connectivity index (χ0) is 9.14. The van der Waals surface area contributed by atoms with Crippen molar-refractivity contribution in [1.29, 1.82) is 0 Å². The summed E-state index contributed by atoms with van der Waals surface area (Å²) in [6.07, 6.45) is 0. The molecule has 0 heterocycles. The first-order valence-electron chi connectivity index (χ1n) is 2.97. The van der Waals surface area contributed by atoms with Gasteiger partial charge in [0.2, 0.25) is 0 Å². The number of rotatable bonds is 1. The lowest BCUT2D eigenvalue weighted by atomic mass is 10.2. The molecule has 0 radical (unpaired) electrons. The van der Waals surface area contributed by atoms with Gasteiger partial charge >= 0.3 is 0 Å². The van der Waals surface area contributed by atoms with Gasteiger partial charge in [0.25, 0.3) is 0 Å². The Morgan fingerprint density at radius 2 is 2.17 bits per heavy atom. The summed E-state index contributed by atoms with van der Waals surface area (Å²) >= 11 is 8.52. The van der Waals surface area contributed by atoms with E-state index in [-0.39, 0.29) is 5.17 Å². The Labute approximate surface area is 81.8 Å². The van der Waals surface area contributed by atoms with E-state index in [4.69, 9.17) is 16.8 Å². The molecular formula is C7H4BrClFNO. The van der Waals surface area contributed by atoms with Gasteiger partial charge in [-0.1, -0.05) is 32.7 Å². The average molecular weight is 252 g/mol. The van der Waals surface area contributed by atoms with Crippen molar-refractivity contribution in [3.63, 3.8) is 0 Å². The molecule has 1 N–H and O–H groups in total. The molecule has 0 atom stereocenters. The smallest absolute Gasteiger partial charge is 0.175 e. The zero-order valence-corrected chi connectivity index (χ0v) is 8.10. The first-order chi connectivity index (χ1) is 5.63. The van der Waals surface area contributed by atoms with Crippen molar-refractivity contribution in [3.05, 3.63) is 34.1 Å². The van der Waals surface area contributed by atoms with Crippen LogP contribution in [0.3, 0.4) is 0 Å². The number of benzene rings is 1. The summed E-state index contributed by atoms with van der Waals surface area (Å²) in [6, 6.07) is 4.00. The van der Waals surface area contributed by atoms with Crippen molar-refractivity contribution in [2.45, 2.75) is 0 Å². The van der Waals surface area contributed by atoms with Crippen LogP contribution in [-0.2, 0) is 0 Å². The molecule has 0 bridgehead atoms. The second-order valence-electron chi connectivity index (χ2n) is 2.05. The summed E-state index contributed by atoms with van der Waals surface area (Å²) in [5.74, 6) is -0.443. The lowest BCUT2D eigenvalue weighted by Crippen LogP contribution is -1.92. The van der Waals surface area contributed by atoms with Crippen molar-refractivity contribution >= 4 is 32.7 Å². The van der Waals surface area contributed by atoms with Gasteiger partial charge in [-0.2, -0.15) is 0 Å². The van der Waals surface area contributed by atoms with Crippen LogP contribution in [0, 0.1) is 5.82 Å². The number of nitrogens with zero attached hydrogens (tertiary/aromatic N) is 1. The normalized spacial score (nSPS) is 11.8. The third-order valence-corrected chi connectivity index (χ3v) is 1.94. The Hall–Kier alpha value is -0.610. The molecule has 1 aromatic rings. The van der Waals surface area contributed by atoms with Crippen molar-refractivity contribution < 1.29 is 9.60 Å². The van der Waals surface area contributed by atoms with E-state index in [2.05, 4.69) is 21.1 Å². The Bertz CT molecular complexity index is 309. The lowest BCUT2D eigenvalue weighted by molar-refractivity contribution is 0.321. The molecule has 0 fully saturated rings. The van der Waals surface area contributed by atoms with Crippen LogP contribution in [0.15, 0.2) is 27.8 Å². The highest BCUT2D eigenvalue weighted by atomic mass is 79.9. The number of hydrogen-bond acceptors (Lipinski definition) is 2. The van der Waals surface area contributed by atoms with E-state index in [1.54, 1.807) is 6.07 Å². The van der Waals surface area contributed by atoms with Crippen molar-refractivity contribution in [2.75, 3.05) is 0 Å². The van der Waals surface area contributed by atoms with E-state index in [1.165, 1.54) is 12.1 Å². The summed E-state index contributed by atoms with van der Waals surface area (Å²) in [5.41, 5.74) is 0.325. The minimum atomic E-state index is -0.443. The predicted molar refractivity (Wildman–Crippen MR) is 48.3 cm³/mol. The summed E-state index contributed by atoms with van der Waals surface area (Å²) in [6.45, 7) is 0. The SMILES string of the molecule is O/N=C(\Cl)c1cc(F)cc(Br)c1. The molecule has 0 aliphatic carbocycles. The molecule has 0 unspecified atom stereocenters. The molecule has 1 aromatic carbocycles. The molecule has 0 amide bonds. The van der Waals surface area contributed by atoms with Gasteiger partial charge in [0.1, 0.15) is 5.82 Å². The maximum atomic E-state index is 12.7. The molecule has 0 saturated carbocycles. The van der Waals surface area contributed by atoms with E-state index in [9.17, 15) is 4.39 Å². The molecule has 64 valence electrons. The van der Waals surface area contributed by atoms with Gasteiger partial charge in [-0.15, -0.1) is 0 Å². The van der Waals surface area contributed by atoms with Gasteiger partial charge in [0, 0.05) is 10.0 Å². The standard InChI is InChI=1S/C7H4BrClFNO/c8-5-1-4(7(9)11-12)2-6(10)3-5/h1-3,12H/b11-7-. The first kappa shape index (κ1) is 9.48. The van der Waals surface area contributed by atoms with E-state index in [0.717, 1.165) is 0 Å². The van der Waals surface area contributed by atoms with Crippen LogP contribution in [0.4, 0.5) is 4.39 Å². The second kappa shape index (κ2) is 3.87. The molecule has 0 aromatic heterocycles. The van der Waals surface area contributed by atoms with Crippen LogP contribution >= 0.6 is 27.5 Å². The Balaban J connectivity index is 3.17. The van der Waals surface area contributed by atoms with Crippen molar-refractivity contribution in [3.8, 4) is 0 Å². The van der Waals surface area contributed by atoms with Gasteiger partial charge in [-0.05, 0) is 18.2 Å². The summed E-state index contributed by atoms with van der Waals surface area (Å²) < 4.78 is 13.2. The van der Waals surface area contributed by atoms with Gasteiger partial charge < -0.3 is 5.21 Å². The maximum absolute atomic E-state index is 12.7. The fourth-order valence-electron chi connectivity index (χ4n) is 0.731. The highest BCUT2D eigenvalue weighted by Crippen LogP contribution is 2.16. The van der Waals surface area contributed by atoms with Gasteiger partial charge in [-0.25, -0.2) is 4.39 Å². The van der Waals surface area contributed by atoms with E-state index < -0.39 is 5.82 Å². The van der Waals surface area contributed by atoms with Crippen LogP contribution < -0.4 is 0 Å². The average Bonchev–Trinajstić information content (AvgIpc) is 2.01. The lowest BCUT2D eigenvalue weighted by Gasteiger charge is -1.97. The second-order valence-corrected chi connectivity index (χ2v) is 3.32. The molecule has 0 aliphatic heterocycles. The summed E-state index contributed by atoms with van der Waals surface area (Å²) in [7, 11) is 0. The summed E-state index contributed by atoms with van der Waals surface area (Å²) in [4.78, 5) is 0. The molecular weight excluding hydrogens is 248 g/mol. The summed E-state index contributed by atoms with van der Waals surface area (Å²) in [5, 5.41) is 10.9. The topological polar surface area (TPSA) is 32.6 Å².